The number of nitrogens with one attached hydrogen (secondary N) is 2. The SMILES string of the molecule is COc1ccc(CC(C)NC(C)c2ncn[nH]2)cc1OC. The molecule has 0 saturated carbocycles. The minimum atomic E-state index is 0.127. The Kier molecular flexibility index (Phi) is 5.16. The minimum Gasteiger partial charge on any atom is -0.493 e. The predicted molar refractivity (Wildman–Crippen MR) is 80.6 cm³/mol. The molecule has 114 valence electrons. The minimum absolute atomic E-state index is 0.127. The van der Waals surface area contributed by atoms with Crippen LogP contribution in [0.3, 0.4) is 0 Å². The molecular weight excluding hydrogens is 268 g/mol. The highest BCUT2D eigenvalue weighted by Gasteiger charge is 2.13. The second kappa shape index (κ2) is 7.08. The van der Waals surface area contributed by atoms with Crippen LogP contribution < -0.4 is 14.8 Å². The Balaban J connectivity index is 1.97. The summed E-state index contributed by atoms with van der Waals surface area (Å²) in [6, 6.07) is 6.42. The number of benzene rings is 1. The first-order valence-electron chi connectivity index (χ1n) is 6.96. The Labute approximate surface area is 124 Å². The third kappa shape index (κ3) is 3.95. The molecule has 6 nitrogen and oxygen atoms in total. The van der Waals surface area contributed by atoms with E-state index < -0.39 is 0 Å². The summed E-state index contributed by atoms with van der Waals surface area (Å²) in [5.41, 5.74) is 1.19. The van der Waals surface area contributed by atoms with Gasteiger partial charge >= 0.3 is 0 Å². The number of aromatic amines is 1. The standard InChI is InChI=1S/C15H22N4O2/c1-10(18-11(2)15-16-9-17-19-15)7-12-5-6-13(20-3)14(8-12)21-4/h5-6,8-11,18H,7H2,1-4H3,(H,16,17,19). The van der Waals surface area contributed by atoms with Gasteiger partial charge in [0, 0.05) is 6.04 Å². The number of methoxy groups -OCH3 is 2. The van der Waals surface area contributed by atoms with Crippen molar-refractivity contribution >= 4 is 0 Å². The largest absolute Gasteiger partial charge is 0.493 e. The van der Waals surface area contributed by atoms with Gasteiger partial charge in [-0.05, 0) is 38.0 Å². The maximum Gasteiger partial charge on any atom is 0.160 e. The highest BCUT2D eigenvalue weighted by atomic mass is 16.5. The molecule has 0 aliphatic carbocycles. The van der Waals surface area contributed by atoms with Gasteiger partial charge in [0.25, 0.3) is 0 Å². The first kappa shape index (κ1) is 15.3. The van der Waals surface area contributed by atoms with Gasteiger partial charge in [-0.3, -0.25) is 5.10 Å². The lowest BCUT2D eigenvalue weighted by atomic mass is 10.1. The first-order chi connectivity index (χ1) is 10.1. The fourth-order valence-corrected chi connectivity index (χ4v) is 2.35. The lowest BCUT2D eigenvalue weighted by Crippen LogP contribution is -2.31. The Morgan fingerprint density at radius 1 is 1.19 bits per heavy atom. The molecule has 2 aromatic rings. The Morgan fingerprint density at radius 2 is 1.95 bits per heavy atom. The van der Waals surface area contributed by atoms with Crippen molar-refractivity contribution in [1.82, 2.24) is 20.5 Å². The second-order valence-electron chi connectivity index (χ2n) is 5.05. The van der Waals surface area contributed by atoms with Crippen LogP contribution in [0.4, 0.5) is 0 Å². The van der Waals surface area contributed by atoms with Gasteiger partial charge in [0.05, 0.1) is 20.3 Å². The average molecular weight is 290 g/mol. The van der Waals surface area contributed by atoms with Crippen LogP contribution in [-0.2, 0) is 6.42 Å². The van der Waals surface area contributed by atoms with Crippen LogP contribution in [0.1, 0.15) is 31.3 Å². The zero-order valence-electron chi connectivity index (χ0n) is 12.9. The number of H-pyrrole nitrogens is 1. The lowest BCUT2D eigenvalue weighted by molar-refractivity contribution is 0.354. The molecule has 0 aliphatic heterocycles. The molecule has 6 heteroatoms. The summed E-state index contributed by atoms with van der Waals surface area (Å²) in [5, 5.41) is 10.2. The van der Waals surface area contributed by atoms with E-state index in [9.17, 15) is 0 Å². The van der Waals surface area contributed by atoms with Crippen molar-refractivity contribution in [2.45, 2.75) is 32.4 Å². The molecule has 0 spiro atoms. The van der Waals surface area contributed by atoms with Crippen LogP contribution in [-0.4, -0.2) is 35.4 Å². The Morgan fingerprint density at radius 3 is 2.57 bits per heavy atom. The maximum atomic E-state index is 5.33. The van der Waals surface area contributed by atoms with E-state index in [0.29, 0.717) is 6.04 Å². The molecule has 0 bridgehead atoms. The van der Waals surface area contributed by atoms with E-state index in [1.54, 1.807) is 14.2 Å². The molecule has 1 heterocycles. The van der Waals surface area contributed by atoms with Gasteiger partial charge in [0.15, 0.2) is 11.5 Å². The van der Waals surface area contributed by atoms with Crippen LogP contribution in [0.25, 0.3) is 0 Å². The maximum absolute atomic E-state index is 5.33. The average Bonchev–Trinajstić information content (AvgIpc) is 3.01. The fourth-order valence-electron chi connectivity index (χ4n) is 2.35. The normalized spacial score (nSPS) is 13.7. The Hall–Kier alpha value is -2.08. The highest BCUT2D eigenvalue weighted by molar-refractivity contribution is 5.43. The van der Waals surface area contributed by atoms with Gasteiger partial charge in [0.2, 0.25) is 0 Å². The number of aromatic nitrogens is 3. The van der Waals surface area contributed by atoms with Crippen molar-refractivity contribution < 1.29 is 9.47 Å². The first-order valence-corrected chi connectivity index (χ1v) is 6.96. The molecule has 21 heavy (non-hydrogen) atoms. The van der Waals surface area contributed by atoms with E-state index in [-0.39, 0.29) is 6.04 Å². The van der Waals surface area contributed by atoms with Crippen molar-refractivity contribution in [2.75, 3.05) is 14.2 Å². The van der Waals surface area contributed by atoms with Crippen molar-refractivity contribution in [3.63, 3.8) is 0 Å². The van der Waals surface area contributed by atoms with Crippen molar-refractivity contribution in [3.8, 4) is 11.5 Å². The van der Waals surface area contributed by atoms with Crippen molar-refractivity contribution in [1.29, 1.82) is 0 Å². The van der Waals surface area contributed by atoms with Gasteiger partial charge in [-0.15, -0.1) is 0 Å². The predicted octanol–water partition coefficient (Wildman–Crippen LogP) is 2.10. The van der Waals surface area contributed by atoms with Crippen LogP contribution in [0.15, 0.2) is 24.5 Å². The van der Waals surface area contributed by atoms with E-state index in [0.717, 1.165) is 23.7 Å². The van der Waals surface area contributed by atoms with Crippen molar-refractivity contribution in [3.05, 3.63) is 35.9 Å². The highest BCUT2D eigenvalue weighted by Crippen LogP contribution is 2.28. The topological polar surface area (TPSA) is 72.1 Å². The van der Waals surface area contributed by atoms with E-state index >= 15 is 0 Å². The van der Waals surface area contributed by atoms with E-state index in [1.165, 1.54) is 11.9 Å². The third-order valence-electron chi connectivity index (χ3n) is 3.37. The molecule has 2 atom stereocenters. The zero-order valence-corrected chi connectivity index (χ0v) is 12.9. The Bertz CT molecular complexity index is 557. The molecule has 2 unspecified atom stereocenters. The van der Waals surface area contributed by atoms with E-state index in [4.69, 9.17) is 9.47 Å². The summed E-state index contributed by atoms with van der Waals surface area (Å²) in [7, 11) is 3.29. The van der Waals surface area contributed by atoms with Gasteiger partial charge in [0.1, 0.15) is 12.2 Å². The molecule has 0 radical (unpaired) electrons. The van der Waals surface area contributed by atoms with E-state index in [1.807, 2.05) is 12.1 Å². The number of hydrogen-bond acceptors (Lipinski definition) is 5. The summed E-state index contributed by atoms with van der Waals surface area (Å²) in [4.78, 5) is 4.16. The summed E-state index contributed by atoms with van der Waals surface area (Å²) in [6.07, 6.45) is 2.41. The molecule has 2 rings (SSSR count). The monoisotopic (exact) mass is 290 g/mol. The third-order valence-corrected chi connectivity index (χ3v) is 3.37. The molecule has 0 amide bonds. The molecule has 0 fully saturated rings. The summed E-state index contributed by atoms with van der Waals surface area (Å²) in [5.74, 6) is 2.34. The van der Waals surface area contributed by atoms with Crippen LogP contribution >= 0.6 is 0 Å². The van der Waals surface area contributed by atoms with Gasteiger partial charge in [-0.1, -0.05) is 6.07 Å². The molecule has 1 aromatic heterocycles. The fraction of sp³-hybridized carbons (Fsp3) is 0.467. The van der Waals surface area contributed by atoms with Crippen LogP contribution in [0, 0.1) is 0 Å². The molecule has 1 aromatic carbocycles. The number of hydrogen-bond donors (Lipinski definition) is 2. The second-order valence-corrected chi connectivity index (χ2v) is 5.05. The molecule has 2 N–H and O–H groups in total. The molecule has 0 saturated heterocycles. The van der Waals surface area contributed by atoms with E-state index in [2.05, 4.69) is 40.4 Å². The summed E-state index contributed by atoms with van der Waals surface area (Å²) >= 11 is 0. The number of nitrogens with zero attached hydrogens (tertiary/aromatic N) is 2. The van der Waals surface area contributed by atoms with Crippen LogP contribution in [0.5, 0.6) is 11.5 Å². The smallest absolute Gasteiger partial charge is 0.160 e. The quantitative estimate of drug-likeness (QED) is 0.817. The zero-order chi connectivity index (χ0) is 15.2. The summed E-state index contributed by atoms with van der Waals surface area (Å²) in [6.45, 7) is 4.20. The van der Waals surface area contributed by atoms with Gasteiger partial charge in [-0.25, -0.2) is 4.98 Å². The summed E-state index contributed by atoms with van der Waals surface area (Å²) < 4.78 is 10.6. The van der Waals surface area contributed by atoms with Gasteiger partial charge in [-0.2, -0.15) is 5.10 Å². The van der Waals surface area contributed by atoms with Crippen molar-refractivity contribution in [2.24, 2.45) is 0 Å². The molecular formula is C15H22N4O2. The number of ether oxygens (including phenoxy) is 2. The molecule has 0 aliphatic rings. The van der Waals surface area contributed by atoms with Crippen LogP contribution in [0.2, 0.25) is 0 Å². The number of rotatable bonds is 7. The lowest BCUT2D eigenvalue weighted by Gasteiger charge is -2.19. The van der Waals surface area contributed by atoms with Gasteiger partial charge < -0.3 is 14.8 Å².